The van der Waals surface area contributed by atoms with Crippen LogP contribution < -0.4 is 5.32 Å². The van der Waals surface area contributed by atoms with E-state index in [2.05, 4.69) is 10.3 Å². The van der Waals surface area contributed by atoms with E-state index in [0.29, 0.717) is 21.8 Å². The topological polar surface area (TPSA) is 63.5 Å². The highest BCUT2D eigenvalue weighted by Gasteiger charge is 2.18. The summed E-state index contributed by atoms with van der Waals surface area (Å²) in [6.07, 6.45) is 2.86. The van der Waals surface area contributed by atoms with Crippen molar-refractivity contribution in [3.63, 3.8) is 0 Å². The van der Waals surface area contributed by atoms with Crippen molar-refractivity contribution in [2.45, 2.75) is 11.4 Å². The van der Waals surface area contributed by atoms with Crippen LogP contribution in [0.5, 0.6) is 0 Å². The highest BCUT2D eigenvalue weighted by Crippen LogP contribution is 2.28. The second-order valence-electron chi connectivity index (χ2n) is 4.81. The Morgan fingerprint density at radius 1 is 1.45 bits per heavy atom. The van der Waals surface area contributed by atoms with Crippen molar-refractivity contribution in [2.75, 3.05) is 19.3 Å². The van der Waals surface area contributed by atoms with Crippen LogP contribution in [0.4, 0.5) is 0 Å². The van der Waals surface area contributed by atoms with Crippen molar-refractivity contribution in [1.29, 1.82) is 0 Å². The molecule has 7 heteroatoms. The van der Waals surface area contributed by atoms with Gasteiger partial charge in [-0.25, -0.2) is 8.42 Å². The Balaban J connectivity index is 2.17. The number of sulfone groups is 1. The Morgan fingerprint density at radius 2 is 2.25 bits per heavy atom. The van der Waals surface area contributed by atoms with E-state index in [-0.39, 0.29) is 0 Å². The second kappa shape index (κ2) is 4.79. The van der Waals surface area contributed by atoms with Crippen LogP contribution >= 0.6 is 11.6 Å². The van der Waals surface area contributed by atoms with Crippen molar-refractivity contribution in [2.24, 2.45) is 4.99 Å². The van der Waals surface area contributed by atoms with Gasteiger partial charge < -0.3 is 9.88 Å². The molecular formula is C13H14ClN3O2S. The Hall–Kier alpha value is -1.53. The molecule has 0 amide bonds. The number of halogens is 1. The zero-order chi connectivity index (χ0) is 14.3. The van der Waals surface area contributed by atoms with Crippen LogP contribution in [0.25, 0.3) is 10.9 Å². The molecule has 1 aliphatic rings. The molecule has 1 aromatic carbocycles. The van der Waals surface area contributed by atoms with Crippen LogP contribution in [0.3, 0.4) is 0 Å². The molecule has 1 aromatic heterocycles. The molecule has 0 aliphatic carbocycles. The molecular weight excluding hydrogens is 298 g/mol. The van der Waals surface area contributed by atoms with Crippen LogP contribution in [-0.4, -0.2) is 38.2 Å². The summed E-state index contributed by atoms with van der Waals surface area (Å²) in [5.74, 6) is 0.872. The third kappa shape index (κ3) is 2.41. The third-order valence-electron chi connectivity index (χ3n) is 3.27. The molecule has 20 heavy (non-hydrogen) atoms. The summed E-state index contributed by atoms with van der Waals surface area (Å²) in [4.78, 5) is 4.64. The molecule has 0 saturated carbocycles. The monoisotopic (exact) mass is 311 g/mol. The first-order valence-corrected chi connectivity index (χ1v) is 8.48. The molecule has 5 nitrogen and oxygen atoms in total. The molecule has 0 unspecified atom stereocenters. The molecule has 0 saturated heterocycles. The van der Waals surface area contributed by atoms with Gasteiger partial charge in [0.1, 0.15) is 5.84 Å². The number of hydrogen-bond acceptors (Lipinski definition) is 4. The fourth-order valence-corrected chi connectivity index (χ4v) is 3.43. The van der Waals surface area contributed by atoms with E-state index in [1.54, 1.807) is 18.3 Å². The van der Waals surface area contributed by atoms with Crippen LogP contribution in [0, 0.1) is 0 Å². The standard InChI is InChI=1S/C13H14ClN3O2S/c1-20(18,19)12-7-17(8-13-15-4-5-16-13)11-3-2-9(14)6-10(11)12/h2-3,6-7H,4-5,8H2,1H3,(H,15,16). The SMILES string of the molecule is CS(=O)(=O)c1cn(CC2=NCCN2)c2ccc(Cl)cc12. The largest absolute Gasteiger partial charge is 0.370 e. The van der Waals surface area contributed by atoms with E-state index >= 15 is 0 Å². The molecule has 2 heterocycles. The first-order chi connectivity index (χ1) is 9.45. The van der Waals surface area contributed by atoms with Gasteiger partial charge in [0, 0.05) is 34.9 Å². The van der Waals surface area contributed by atoms with Gasteiger partial charge in [-0.05, 0) is 18.2 Å². The molecule has 0 spiro atoms. The molecule has 0 atom stereocenters. The number of hydrogen-bond donors (Lipinski definition) is 1. The van der Waals surface area contributed by atoms with E-state index in [4.69, 9.17) is 11.6 Å². The first-order valence-electron chi connectivity index (χ1n) is 6.21. The van der Waals surface area contributed by atoms with Crippen molar-refractivity contribution in [3.8, 4) is 0 Å². The van der Waals surface area contributed by atoms with Gasteiger partial charge >= 0.3 is 0 Å². The molecule has 0 fully saturated rings. The Morgan fingerprint density at radius 3 is 2.90 bits per heavy atom. The molecule has 0 radical (unpaired) electrons. The van der Waals surface area contributed by atoms with Crippen LogP contribution in [-0.2, 0) is 16.4 Å². The number of nitrogens with one attached hydrogen (secondary N) is 1. The van der Waals surface area contributed by atoms with E-state index in [9.17, 15) is 8.42 Å². The van der Waals surface area contributed by atoms with Gasteiger partial charge in [0.2, 0.25) is 0 Å². The second-order valence-corrected chi connectivity index (χ2v) is 7.23. The Kier molecular flexibility index (Phi) is 3.22. The predicted molar refractivity (Wildman–Crippen MR) is 80.4 cm³/mol. The van der Waals surface area contributed by atoms with Crippen LogP contribution in [0.2, 0.25) is 5.02 Å². The maximum absolute atomic E-state index is 11.9. The maximum atomic E-state index is 11.9. The van der Waals surface area contributed by atoms with Crippen LogP contribution in [0.1, 0.15) is 0 Å². The summed E-state index contributed by atoms with van der Waals surface area (Å²) < 4.78 is 25.7. The fraction of sp³-hybridized carbons (Fsp3) is 0.308. The molecule has 0 bridgehead atoms. The van der Waals surface area contributed by atoms with Crippen LogP contribution in [0.15, 0.2) is 34.3 Å². The summed E-state index contributed by atoms with van der Waals surface area (Å²) >= 11 is 5.98. The summed E-state index contributed by atoms with van der Waals surface area (Å²) in [5, 5.41) is 4.36. The lowest BCUT2D eigenvalue weighted by molar-refractivity contribution is 0.602. The van der Waals surface area contributed by atoms with Gasteiger partial charge in [0.25, 0.3) is 0 Å². The summed E-state index contributed by atoms with van der Waals surface area (Å²) in [7, 11) is -3.30. The smallest absolute Gasteiger partial charge is 0.177 e. The number of fused-ring (bicyclic) bond motifs is 1. The number of nitrogens with zero attached hydrogens (tertiary/aromatic N) is 2. The Labute approximate surface area is 122 Å². The summed E-state index contributed by atoms with van der Waals surface area (Å²) in [6.45, 7) is 2.13. The molecule has 3 rings (SSSR count). The number of aliphatic imine (C=N–C) groups is 1. The lowest BCUT2D eigenvalue weighted by Gasteiger charge is -2.05. The average Bonchev–Trinajstić information content (AvgIpc) is 2.97. The van der Waals surface area contributed by atoms with Gasteiger partial charge in [0.15, 0.2) is 9.84 Å². The summed E-state index contributed by atoms with van der Waals surface area (Å²) in [6, 6.07) is 5.28. The van der Waals surface area contributed by atoms with E-state index in [1.807, 2.05) is 10.6 Å². The number of aromatic nitrogens is 1. The number of benzene rings is 1. The normalized spacial score (nSPS) is 15.4. The Bertz CT molecular complexity index is 808. The summed E-state index contributed by atoms with van der Waals surface area (Å²) in [5.41, 5.74) is 0.839. The van der Waals surface area contributed by atoms with Gasteiger partial charge in [0.05, 0.1) is 18.0 Å². The van der Waals surface area contributed by atoms with Crippen molar-refractivity contribution in [3.05, 3.63) is 29.4 Å². The van der Waals surface area contributed by atoms with Gasteiger partial charge in [-0.3, -0.25) is 4.99 Å². The zero-order valence-corrected chi connectivity index (χ0v) is 12.5. The number of rotatable bonds is 3. The predicted octanol–water partition coefficient (Wildman–Crippen LogP) is 1.70. The quantitative estimate of drug-likeness (QED) is 0.938. The third-order valence-corrected chi connectivity index (χ3v) is 4.63. The van der Waals surface area contributed by atoms with E-state index < -0.39 is 9.84 Å². The van der Waals surface area contributed by atoms with Gasteiger partial charge in [-0.2, -0.15) is 0 Å². The lowest BCUT2D eigenvalue weighted by atomic mass is 10.2. The minimum atomic E-state index is -3.30. The number of amidine groups is 1. The van der Waals surface area contributed by atoms with Gasteiger partial charge in [-0.15, -0.1) is 0 Å². The van der Waals surface area contributed by atoms with E-state index in [0.717, 1.165) is 24.4 Å². The van der Waals surface area contributed by atoms with Crippen molar-refractivity contribution >= 4 is 38.2 Å². The first kappa shape index (κ1) is 13.5. The average molecular weight is 312 g/mol. The molecule has 1 aliphatic heterocycles. The minimum Gasteiger partial charge on any atom is -0.370 e. The minimum absolute atomic E-state index is 0.300. The highest BCUT2D eigenvalue weighted by molar-refractivity contribution is 7.91. The fourth-order valence-electron chi connectivity index (χ4n) is 2.38. The van der Waals surface area contributed by atoms with E-state index in [1.165, 1.54) is 6.26 Å². The van der Waals surface area contributed by atoms with Gasteiger partial charge in [-0.1, -0.05) is 11.6 Å². The molecule has 106 valence electrons. The zero-order valence-electron chi connectivity index (χ0n) is 10.9. The molecule has 1 N–H and O–H groups in total. The maximum Gasteiger partial charge on any atom is 0.177 e. The highest BCUT2D eigenvalue weighted by atomic mass is 35.5. The van der Waals surface area contributed by atoms with Crippen molar-refractivity contribution in [1.82, 2.24) is 9.88 Å². The lowest BCUT2D eigenvalue weighted by Crippen LogP contribution is -2.23. The molecule has 2 aromatic rings. The van der Waals surface area contributed by atoms with Crippen molar-refractivity contribution < 1.29 is 8.42 Å².